The number of fused-ring (bicyclic) bond motifs is 1. The van der Waals surface area contributed by atoms with Gasteiger partial charge < -0.3 is 20.1 Å². The Hall–Kier alpha value is -1.91. The summed E-state index contributed by atoms with van der Waals surface area (Å²) in [6.45, 7) is 12.1. The summed E-state index contributed by atoms with van der Waals surface area (Å²) in [4.78, 5) is 4.72. The van der Waals surface area contributed by atoms with Gasteiger partial charge in [0.2, 0.25) is 0 Å². The van der Waals surface area contributed by atoms with E-state index in [4.69, 9.17) is 14.5 Å². The van der Waals surface area contributed by atoms with E-state index >= 15 is 0 Å². The Labute approximate surface area is 145 Å². The van der Waals surface area contributed by atoms with Crippen molar-refractivity contribution in [3.05, 3.63) is 23.3 Å². The molecule has 1 aliphatic rings. The lowest BCUT2D eigenvalue weighted by atomic mass is 10.1. The quantitative estimate of drug-likeness (QED) is 0.620. The Bertz CT molecular complexity index is 584. The molecule has 1 aromatic rings. The molecule has 2 rings (SSSR count). The predicted octanol–water partition coefficient (Wildman–Crippen LogP) is 3.12. The van der Waals surface area contributed by atoms with E-state index in [0.29, 0.717) is 18.5 Å². The molecule has 5 heteroatoms. The summed E-state index contributed by atoms with van der Waals surface area (Å²) < 4.78 is 11.4. The zero-order valence-corrected chi connectivity index (χ0v) is 15.8. The van der Waals surface area contributed by atoms with Crippen LogP contribution in [-0.2, 0) is 13.0 Å². The fraction of sp³-hybridized carbons (Fsp3) is 0.632. The van der Waals surface area contributed by atoms with Crippen molar-refractivity contribution in [2.75, 3.05) is 13.7 Å². The second-order valence-corrected chi connectivity index (χ2v) is 6.78. The van der Waals surface area contributed by atoms with Crippen LogP contribution < -0.4 is 20.1 Å². The maximum atomic E-state index is 5.86. The largest absolute Gasteiger partial charge is 0.496 e. The highest BCUT2D eigenvalue weighted by Gasteiger charge is 2.21. The molecule has 5 nitrogen and oxygen atoms in total. The zero-order chi connectivity index (χ0) is 17.7. The standard InChI is InChI=1S/C19H31N3O2/c1-7-20-19(22-14(5)12(2)3)21-11-16-10-18-15(8-13(4)24-18)9-17(16)23-6/h9-10,12-14H,7-8,11H2,1-6H3,(H2,20,21,22). The second kappa shape index (κ2) is 8.27. The fourth-order valence-corrected chi connectivity index (χ4v) is 2.66. The number of benzene rings is 1. The summed E-state index contributed by atoms with van der Waals surface area (Å²) in [5.74, 6) is 3.21. The second-order valence-electron chi connectivity index (χ2n) is 6.78. The lowest BCUT2D eigenvalue weighted by Gasteiger charge is -2.21. The van der Waals surface area contributed by atoms with Crippen LogP contribution in [-0.4, -0.2) is 31.8 Å². The SMILES string of the molecule is CCNC(=NCc1cc2c(cc1OC)CC(C)O2)NC(C)C(C)C. The number of aliphatic imine (C=N–C) groups is 1. The number of methoxy groups -OCH3 is 1. The minimum absolute atomic E-state index is 0.231. The van der Waals surface area contributed by atoms with Gasteiger partial charge in [-0.1, -0.05) is 13.8 Å². The van der Waals surface area contributed by atoms with E-state index in [-0.39, 0.29) is 6.10 Å². The molecule has 2 atom stereocenters. The Morgan fingerprint density at radius 1 is 1.38 bits per heavy atom. The summed E-state index contributed by atoms with van der Waals surface area (Å²) in [7, 11) is 1.71. The molecule has 1 aromatic carbocycles. The van der Waals surface area contributed by atoms with Crippen molar-refractivity contribution in [2.45, 2.75) is 59.7 Å². The van der Waals surface area contributed by atoms with Crippen molar-refractivity contribution in [2.24, 2.45) is 10.9 Å². The van der Waals surface area contributed by atoms with Crippen LogP contribution >= 0.6 is 0 Å². The molecule has 0 spiro atoms. The van der Waals surface area contributed by atoms with Gasteiger partial charge >= 0.3 is 0 Å². The number of nitrogens with zero attached hydrogens (tertiary/aromatic N) is 1. The van der Waals surface area contributed by atoms with Crippen LogP contribution in [0, 0.1) is 5.92 Å². The van der Waals surface area contributed by atoms with Crippen LogP contribution in [0.5, 0.6) is 11.5 Å². The maximum Gasteiger partial charge on any atom is 0.191 e. The minimum Gasteiger partial charge on any atom is -0.496 e. The molecule has 1 heterocycles. The molecular weight excluding hydrogens is 302 g/mol. The van der Waals surface area contributed by atoms with E-state index in [1.54, 1.807) is 7.11 Å². The first-order valence-corrected chi connectivity index (χ1v) is 8.85. The first kappa shape index (κ1) is 18.4. The molecule has 24 heavy (non-hydrogen) atoms. The van der Waals surface area contributed by atoms with E-state index < -0.39 is 0 Å². The minimum atomic E-state index is 0.231. The lowest BCUT2D eigenvalue weighted by Crippen LogP contribution is -2.44. The van der Waals surface area contributed by atoms with Crippen LogP contribution in [0.4, 0.5) is 0 Å². The third-order valence-electron chi connectivity index (χ3n) is 4.42. The number of guanidine groups is 1. The van der Waals surface area contributed by atoms with E-state index in [0.717, 1.165) is 36.0 Å². The van der Waals surface area contributed by atoms with Crippen molar-refractivity contribution in [1.82, 2.24) is 10.6 Å². The van der Waals surface area contributed by atoms with Gasteiger partial charge in [0.15, 0.2) is 5.96 Å². The van der Waals surface area contributed by atoms with Gasteiger partial charge in [0, 0.05) is 30.1 Å². The average Bonchev–Trinajstić information content (AvgIpc) is 2.90. The molecule has 0 saturated heterocycles. The molecule has 1 aliphatic heterocycles. The molecule has 0 aromatic heterocycles. The van der Waals surface area contributed by atoms with Crippen LogP contribution in [0.3, 0.4) is 0 Å². The van der Waals surface area contributed by atoms with Crippen molar-refractivity contribution < 1.29 is 9.47 Å². The number of hydrogen-bond acceptors (Lipinski definition) is 3. The number of nitrogens with one attached hydrogen (secondary N) is 2. The van der Waals surface area contributed by atoms with Gasteiger partial charge in [-0.2, -0.15) is 0 Å². The van der Waals surface area contributed by atoms with Gasteiger partial charge in [-0.25, -0.2) is 4.99 Å². The molecule has 2 unspecified atom stereocenters. The average molecular weight is 333 g/mol. The third-order valence-corrected chi connectivity index (χ3v) is 4.42. The monoisotopic (exact) mass is 333 g/mol. The highest BCUT2D eigenvalue weighted by molar-refractivity contribution is 5.80. The smallest absolute Gasteiger partial charge is 0.191 e. The molecule has 2 N–H and O–H groups in total. The van der Waals surface area contributed by atoms with Gasteiger partial charge in [-0.15, -0.1) is 0 Å². The van der Waals surface area contributed by atoms with Crippen molar-refractivity contribution >= 4 is 5.96 Å². The topological polar surface area (TPSA) is 54.9 Å². The summed E-state index contributed by atoms with van der Waals surface area (Å²) in [6.07, 6.45) is 1.17. The molecule has 134 valence electrons. The van der Waals surface area contributed by atoms with Gasteiger partial charge in [0.25, 0.3) is 0 Å². The molecule has 0 amide bonds. The fourth-order valence-electron chi connectivity index (χ4n) is 2.66. The van der Waals surface area contributed by atoms with Crippen LogP contribution in [0.15, 0.2) is 17.1 Å². The van der Waals surface area contributed by atoms with Crippen LogP contribution in [0.2, 0.25) is 0 Å². The van der Waals surface area contributed by atoms with Gasteiger partial charge in [0.05, 0.1) is 13.7 Å². The van der Waals surface area contributed by atoms with Crippen molar-refractivity contribution in [3.8, 4) is 11.5 Å². The Morgan fingerprint density at radius 3 is 2.75 bits per heavy atom. The molecule has 0 fully saturated rings. The Kier molecular flexibility index (Phi) is 6.35. The van der Waals surface area contributed by atoms with E-state index in [1.807, 2.05) is 0 Å². The highest BCUT2D eigenvalue weighted by atomic mass is 16.5. The third kappa shape index (κ3) is 4.56. The zero-order valence-electron chi connectivity index (χ0n) is 15.8. The molecular formula is C19H31N3O2. The molecule has 0 saturated carbocycles. The predicted molar refractivity (Wildman–Crippen MR) is 99.0 cm³/mol. The maximum absolute atomic E-state index is 5.86. The molecule has 0 radical (unpaired) electrons. The number of rotatable bonds is 6. The van der Waals surface area contributed by atoms with Crippen LogP contribution in [0.1, 0.15) is 45.7 Å². The van der Waals surface area contributed by atoms with Crippen molar-refractivity contribution in [1.29, 1.82) is 0 Å². The van der Waals surface area contributed by atoms with Gasteiger partial charge in [0.1, 0.15) is 17.6 Å². The van der Waals surface area contributed by atoms with E-state index in [1.165, 1.54) is 5.56 Å². The normalized spacial score (nSPS) is 18.1. The first-order valence-electron chi connectivity index (χ1n) is 8.85. The Morgan fingerprint density at radius 2 is 2.12 bits per heavy atom. The molecule has 0 bridgehead atoms. The van der Waals surface area contributed by atoms with Gasteiger partial charge in [-0.05, 0) is 38.8 Å². The van der Waals surface area contributed by atoms with E-state index in [9.17, 15) is 0 Å². The van der Waals surface area contributed by atoms with Crippen molar-refractivity contribution in [3.63, 3.8) is 0 Å². The van der Waals surface area contributed by atoms with Gasteiger partial charge in [-0.3, -0.25) is 0 Å². The summed E-state index contributed by atoms with van der Waals surface area (Å²) in [5, 5.41) is 6.75. The summed E-state index contributed by atoms with van der Waals surface area (Å²) in [5.41, 5.74) is 2.25. The Balaban J connectivity index is 2.17. The first-order chi connectivity index (χ1) is 11.4. The highest BCUT2D eigenvalue weighted by Crippen LogP contribution is 2.35. The van der Waals surface area contributed by atoms with E-state index in [2.05, 4.69) is 57.4 Å². The lowest BCUT2D eigenvalue weighted by molar-refractivity contribution is 0.254. The number of hydrogen-bond donors (Lipinski definition) is 2. The number of ether oxygens (including phenoxy) is 2. The van der Waals surface area contributed by atoms with Crippen LogP contribution in [0.25, 0.3) is 0 Å². The molecule has 0 aliphatic carbocycles. The summed E-state index contributed by atoms with van der Waals surface area (Å²) >= 11 is 0. The summed E-state index contributed by atoms with van der Waals surface area (Å²) in [6, 6.07) is 4.51.